The molecule has 0 aliphatic heterocycles. The summed E-state index contributed by atoms with van der Waals surface area (Å²) in [7, 11) is 1.80. The fourth-order valence-corrected chi connectivity index (χ4v) is 2.18. The first-order valence-electron chi connectivity index (χ1n) is 4.72. The van der Waals surface area contributed by atoms with Gasteiger partial charge in [0.1, 0.15) is 10.8 Å². The van der Waals surface area contributed by atoms with E-state index in [1.807, 2.05) is 12.3 Å². The van der Waals surface area contributed by atoms with Crippen LogP contribution >= 0.6 is 23.5 Å². The molecular formula is C9H15N3O2S2. The number of hydrogen-bond acceptors (Lipinski definition) is 7. The molecule has 0 amide bonds. The highest BCUT2D eigenvalue weighted by Crippen LogP contribution is 2.22. The Morgan fingerprint density at radius 1 is 1.50 bits per heavy atom. The zero-order valence-electron chi connectivity index (χ0n) is 9.17. The molecule has 3 N–H and O–H groups in total. The Morgan fingerprint density at radius 2 is 2.25 bits per heavy atom. The number of nitrogens with one attached hydrogen (secondary N) is 1. The fraction of sp³-hybridized carbons (Fsp3) is 0.556. The molecule has 0 aliphatic rings. The third-order valence-electron chi connectivity index (χ3n) is 1.76. The molecule has 90 valence electrons. The van der Waals surface area contributed by atoms with Crippen molar-refractivity contribution in [1.82, 2.24) is 9.97 Å². The van der Waals surface area contributed by atoms with Crippen molar-refractivity contribution in [2.24, 2.45) is 0 Å². The van der Waals surface area contributed by atoms with E-state index in [1.54, 1.807) is 7.05 Å². The van der Waals surface area contributed by atoms with Crippen molar-refractivity contribution < 1.29 is 10.2 Å². The molecule has 0 spiro atoms. The third-order valence-corrected chi connectivity index (χ3v) is 3.36. The lowest BCUT2D eigenvalue weighted by molar-refractivity contribution is 0.113. The lowest BCUT2D eigenvalue weighted by atomic mass is 10.4. The summed E-state index contributed by atoms with van der Waals surface area (Å²) < 4.78 is 0. The molecule has 0 saturated heterocycles. The third kappa shape index (κ3) is 4.17. The van der Waals surface area contributed by atoms with Crippen molar-refractivity contribution in [2.45, 2.75) is 16.3 Å². The zero-order valence-corrected chi connectivity index (χ0v) is 10.8. The van der Waals surface area contributed by atoms with Crippen LogP contribution in [0.2, 0.25) is 0 Å². The van der Waals surface area contributed by atoms with Gasteiger partial charge in [-0.3, -0.25) is 0 Å². The normalized spacial score (nSPS) is 12.5. The lowest BCUT2D eigenvalue weighted by Gasteiger charge is -2.08. The van der Waals surface area contributed by atoms with Gasteiger partial charge in [-0.25, -0.2) is 9.97 Å². The molecule has 1 heterocycles. The Bertz CT molecular complexity index is 316. The van der Waals surface area contributed by atoms with E-state index in [2.05, 4.69) is 15.3 Å². The van der Waals surface area contributed by atoms with Gasteiger partial charge < -0.3 is 15.5 Å². The maximum Gasteiger partial charge on any atom is 0.190 e. The van der Waals surface area contributed by atoms with Crippen LogP contribution in [0.15, 0.2) is 16.2 Å². The summed E-state index contributed by atoms with van der Waals surface area (Å²) in [5.74, 6) is 1.17. The van der Waals surface area contributed by atoms with Crippen LogP contribution < -0.4 is 5.32 Å². The summed E-state index contributed by atoms with van der Waals surface area (Å²) in [6.07, 6.45) is 1.20. The molecule has 1 rings (SSSR count). The van der Waals surface area contributed by atoms with E-state index in [0.717, 1.165) is 10.8 Å². The Hall–Kier alpha value is -0.500. The minimum absolute atomic E-state index is 0.230. The van der Waals surface area contributed by atoms with Crippen LogP contribution in [0.1, 0.15) is 0 Å². The molecule has 1 aromatic rings. The van der Waals surface area contributed by atoms with Crippen molar-refractivity contribution in [3.8, 4) is 0 Å². The van der Waals surface area contributed by atoms with Crippen LogP contribution in [0.25, 0.3) is 0 Å². The van der Waals surface area contributed by atoms with Crippen molar-refractivity contribution in [2.75, 3.05) is 31.0 Å². The van der Waals surface area contributed by atoms with Crippen LogP contribution in [0, 0.1) is 0 Å². The molecule has 0 bridgehead atoms. The maximum absolute atomic E-state index is 9.24. The largest absolute Gasteiger partial charge is 0.394 e. The van der Waals surface area contributed by atoms with Gasteiger partial charge in [-0.05, 0) is 6.26 Å². The second-order valence-corrected chi connectivity index (χ2v) is 4.79. The quantitative estimate of drug-likeness (QED) is 0.395. The van der Waals surface area contributed by atoms with Crippen molar-refractivity contribution in [3.63, 3.8) is 0 Å². The maximum atomic E-state index is 9.24. The van der Waals surface area contributed by atoms with Crippen LogP contribution in [-0.2, 0) is 0 Å². The summed E-state index contributed by atoms with van der Waals surface area (Å²) >= 11 is 2.86. The van der Waals surface area contributed by atoms with E-state index >= 15 is 0 Å². The van der Waals surface area contributed by atoms with Gasteiger partial charge in [0.2, 0.25) is 0 Å². The standard InChI is InChI=1S/C9H15N3O2S2/c1-10-7-3-8(12-9(11-7)15-2)16-5-6(14)4-13/h3,6,13-14H,4-5H2,1-2H3,(H,10,11,12). The molecule has 0 saturated carbocycles. The van der Waals surface area contributed by atoms with Crippen LogP contribution in [0.4, 0.5) is 5.82 Å². The van der Waals surface area contributed by atoms with Gasteiger partial charge >= 0.3 is 0 Å². The van der Waals surface area contributed by atoms with Crippen molar-refractivity contribution >= 4 is 29.3 Å². The first kappa shape index (κ1) is 13.6. The van der Waals surface area contributed by atoms with E-state index in [-0.39, 0.29) is 6.61 Å². The summed E-state index contributed by atoms with van der Waals surface area (Å²) in [6.45, 7) is -0.230. The second-order valence-electron chi connectivity index (χ2n) is 2.98. The number of aliphatic hydroxyl groups excluding tert-OH is 2. The molecular weight excluding hydrogens is 246 g/mol. The number of thioether (sulfide) groups is 2. The minimum atomic E-state index is -0.712. The lowest BCUT2D eigenvalue weighted by Crippen LogP contribution is -2.14. The van der Waals surface area contributed by atoms with E-state index in [0.29, 0.717) is 10.9 Å². The van der Waals surface area contributed by atoms with Crippen LogP contribution in [-0.4, -0.2) is 51.9 Å². The predicted octanol–water partition coefficient (Wildman–Crippen LogP) is 0.685. The van der Waals surface area contributed by atoms with Crippen molar-refractivity contribution in [3.05, 3.63) is 6.07 Å². The summed E-state index contributed by atoms with van der Waals surface area (Å²) in [5.41, 5.74) is 0. The average molecular weight is 261 g/mol. The second kappa shape index (κ2) is 6.95. The smallest absolute Gasteiger partial charge is 0.190 e. The van der Waals surface area contributed by atoms with Crippen molar-refractivity contribution in [1.29, 1.82) is 0 Å². The molecule has 0 aromatic carbocycles. The van der Waals surface area contributed by atoms with Crippen LogP contribution in [0.5, 0.6) is 0 Å². The van der Waals surface area contributed by atoms with E-state index < -0.39 is 6.10 Å². The highest BCUT2D eigenvalue weighted by atomic mass is 32.2. The Labute approximate surface area is 103 Å². The van der Waals surface area contributed by atoms with Gasteiger partial charge in [-0.15, -0.1) is 11.8 Å². The zero-order chi connectivity index (χ0) is 12.0. The van der Waals surface area contributed by atoms with E-state index in [9.17, 15) is 5.11 Å². The Balaban J connectivity index is 2.71. The molecule has 1 atom stereocenters. The van der Waals surface area contributed by atoms with E-state index in [4.69, 9.17) is 5.11 Å². The first-order chi connectivity index (χ1) is 7.69. The number of aromatic nitrogens is 2. The molecule has 1 aromatic heterocycles. The first-order valence-corrected chi connectivity index (χ1v) is 6.93. The molecule has 0 fully saturated rings. The van der Waals surface area contributed by atoms with Crippen LogP contribution in [0.3, 0.4) is 0 Å². The summed E-state index contributed by atoms with van der Waals surface area (Å²) in [5, 5.41) is 22.4. The monoisotopic (exact) mass is 261 g/mol. The average Bonchev–Trinajstić information content (AvgIpc) is 2.35. The van der Waals surface area contributed by atoms with E-state index in [1.165, 1.54) is 23.5 Å². The molecule has 0 radical (unpaired) electrons. The highest BCUT2D eigenvalue weighted by Gasteiger charge is 2.07. The van der Waals surface area contributed by atoms with Gasteiger partial charge in [-0.2, -0.15) is 0 Å². The van der Waals surface area contributed by atoms with Gasteiger partial charge in [0.15, 0.2) is 5.16 Å². The topological polar surface area (TPSA) is 78.3 Å². The molecule has 7 heteroatoms. The summed E-state index contributed by atoms with van der Waals surface area (Å²) in [6, 6.07) is 1.81. The number of aliphatic hydroxyl groups is 2. The number of hydrogen-bond donors (Lipinski definition) is 3. The molecule has 5 nitrogen and oxygen atoms in total. The van der Waals surface area contributed by atoms with Gasteiger partial charge in [0.25, 0.3) is 0 Å². The Kier molecular flexibility index (Phi) is 5.89. The number of rotatable bonds is 6. The molecule has 0 aliphatic carbocycles. The minimum Gasteiger partial charge on any atom is -0.394 e. The summed E-state index contributed by atoms with van der Waals surface area (Å²) in [4.78, 5) is 8.52. The molecule has 16 heavy (non-hydrogen) atoms. The van der Waals surface area contributed by atoms with Gasteiger partial charge in [0, 0.05) is 18.9 Å². The highest BCUT2D eigenvalue weighted by molar-refractivity contribution is 7.99. The van der Waals surface area contributed by atoms with Gasteiger partial charge in [-0.1, -0.05) is 11.8 Å². The molecule has 1 unspecified atom stereocenters. The predicted molar refractivity (Wildman–Crippen MR) is 67.2 cm³/mol. The van der Waals surface area contributed by atoms with Gasteiger partial charge in [0.05, 0.1) is 12.7 Å². The SMILES string of the molecule is CNc1cc(SCC(O)CO)nc(SC)n1. The number of nitrogens with zero attached hydrogens (tertiary/aromatic N) is 2. The Morgan fingerprint density at radius 3 is 2.81 bits per heavy atom. The number of anilines is 1. The fourth-order valence-electron chi connectivity index (χ4n) is 0.931.